The quantitative estimate of drug-likeness (QED) is 0.500. The number of rotatable bonds is 5. The van der Waals surface area contributed by atoms with Crippen molar-refractivity contribution in [2.24, 2.45) is 0 Å². The molecular formula is C21H16ClN3O3. The highest BCUT2D eigenvalue weighted by molar-refractivity contribution is 6.31. The van der Waals surface area contributed by atoms with Gasteiger partial charge in [-0.3, -0.25) is 9.59 Å². The average molecular weight is 394 g/mol. The normalized spacial score (nSPS) is 11.2. The fraction of sp³-hybridized carbons (Fsp3) is 0.0952. The number of aliphatic carboxylic acids is 1. The van der Waals surface area contributed by atoms with E-state index in [4.69, 9.17) is 16.7 Å². The van der Waals surface area contributed by atoms with E-state index >= 15 is 0 Å². The second-order valence-electron chi connectivity index (χ2n) is 6.21. The average Bonchev–Trinajstić information content (AvgIpc) is 2.99. The van der Waals surface area contributed by atoms with E-state index in [-0.39, 0.29) is 12.1 Å². The Morgan fingerprint density at radius 2 is 2.04 bits per heavy atom. The van der Waals surface area contributed by atoms with Gasteiger partial charge in [-0.1, -0.05) is 35.9 Å². The number of carbonyl (C=O) groups is 2. The zero-order valence-electron chi connectivity index (χ0n) is 14.9. The van der Waals surface area contributed by atoms with Crippen molar-refractivity contribution in [1.29, 1.82) is 5.26 Å². The first-order valence-corrected chi connectivity index (χ1v) is 8.76. The minimum Gasteiger partial charge on any atom is -0.480 e. The van der Waals surface area contributed by atoms with Crippen LogP contribution in [0.15, 0.2) is 54.2 Å². The number of anilines is 1. The Bertz CT molecular complexity index is 1160. The van der Waals surface area contributed by atoms with Gasteiger partial charge >= 0.3 is 5.97 Å². The zero-order chi connectivity index (χ0) is 20.3. The largest absolute Gasteiger partial charge is 0.480 e. The van der Waals surface area contributed by atoms with Gasteiger partial charge in [0.1, 0.15) is 18.2 Å². The number of halogens is 1. The van der Waals surface area contributed by atoms with Crippen LogP contribution in [0.4, 0.5) is 5.69 Å². The molecule has 0 spiro atoms. The molecule has 0 saturated heterocycles. The highest BCUT2D eigenvalue weighted by atomic mass is 35.5. The molecule has 7 heteroatoms. The molecule has 0 fully saturated rings. The molecule has 0 bridgehead atoms. The summed E-state index contributed by atoms with van der Waals surface area (Å²) in [6.07, 6.45) is 3.07. The zero-order valence-corrected chi connectivity index (χ0v) is 15.7. The maximum Gasteiger partial charge on any atom is 0.323 e. The van der Waals surface area contributed by atoms with Crippen LogP contribution >= 0.6 is 11.6 Å². The van der Waals surface area contributed by atoms with E-state index in [2.05, 4.69) is 5.32 Å². The number of hydrogen-bond donors (Lipinski definition) is 2. The number of carbonyl (C=O) groups excluding carboxylic acids is 1. The summed E-state index contributed by atoms with van der Waals surface area (Å²) in [6.45, 7) is 1.63. The summed E-state index contributed by atoms with van der Waals surface area (Å²) in [5.41, 5.74) is 2.55. The Hall–Kier alpha value is -3.56. The summed E-state index contributed by atoms with van der Waals surface area (Å²) in [5.74, 6) is -1.55. The van der Waals surface area contributed by atoms with E-state index in [0.717, 1.165) is 10.9 Å². The van der Waals surface area contributed by atoms with Gasteiger partial charge in [-0.15, -0.1) is 0 Å². The van der Waals surface area contributed by atoms with Gasteiger partial charge in [-0.2, -0.15) is 5.26 Å². The van der Waals surface area contributed by atoms with E-state index in [1.165, 1.54) is 6.08 Å². The van der Waals surface area contributed by atoms with Crippen molar-refractivity contribution in [3.63, 3.8) is 0 Å². The number of aryl methyl sites for hydroxylation is 1. The molecule has 0 aliphatic rings. The first-order valence-electron chi connectivity index (χ1n) is 8.38. The van der Waals surface area contributed by atoms with Gasteiger partial charge < -0.3 is 15.0 Å². The molecule has 1 heterocycles. The molecule has 3 rings (SSSR count). The topological polar surface area (TPSA) is 95.1 Å². The number of nitrogens with one attached hydrogen (secondary N) is 1. The van der Waals surface area contributed by atoms with Crippen LogP contribution in [-0.2, 0) is 16.1 Å². The number of aromatic nitrogens is 1. The van der Waals surface area contributed by atoms with Crippen LogP contribution in [0.2, 0.25) is 5.02 Å². The number of carboxylic acids is 1. The van der Waals surface area contributed by atoms with Crippen molar-refractivity contribution in [3.05, 3.63) is 70.4 Å². The van der Waals surface area contributed by atoms with Crippen molar-refractivity contribution in [3.8, 4) is 6.07 Å². The van der Waals surface area contributed by atoms with E-state index in [9.17, 15) is 14.9 Å². The van der Waals surface area contributed by atoms with Crippen molar-refractivity contribution in [2.45, 2.75) is 13.5 Å². The van der Waals surface area contributed by atoms with Gasteiger partial charge in [0.25, 0.3) is 5.91 Å². The molecule has 2 N–H and O–H groups in total. The molecule has 0 radical (unpaired) electrons. The van der Waals surface area contributed by atoms with Crippen LogP contribution < -0.4 is 5.32 Å². The van der Waals surface area contributed by atoms with Crippen molar-refractivity contribution in [1.82, 2.24) is 4.57 Å². The fourth-order valence-corrected chi connectivity index (χ4v) is 3.02. The smallest absolute Gasteiger partial charge is 0.323 e. The second kappa shape index (κ2) is 7.99. The molecule has 0 atom stereocenters. The lowest BCUT2D eigenvalue weighted by molar-refractivity contribution is -0.137. The van der Waals surface area contributed by atoms with Gasteiger partial charge in [0.05, 0.1) is 0 Å². The molecule has 6 nitrogen and oxygen atoms in total. The molecule has 1 amide bonds. The number of fused-ring (bicyclic) bond motifs is 1. The third-order valence-corrected chi connectivity index (χ3v) is 4.63. The first kappa shape index (κ1) is 19.2. The third kappa shape index (κ3) is 4.05. The molecule has 0 aliphatic carbocycles. The maximum absolute atomic E-state index is 12.5. The van der Waals surface area contributed by atoms with Crippen LogP contribution in [0.1, 0.15) is 11.1 Å². The summed E-state index contributed by atoms with van der Waals surface area (Å²) < 4.78 is 1.57. The van der Waals surface area contributed by atoms with Crippen LogP contribution in [0.25, 0.3) is 17.0 Å². The number of amides is 1. The Kier molecular flexibility index (Phi) is 5.48. The van der Waals surface area contributed by atoms with Gasteiger partial charge in [0.15, 0.2) is 0 Å². The summed E-state index contributed by atoms with van der Waals surface area (Å²) >= 11 is 6.07. The molecule has 2 aromatic carbocycles. The van der Waals surface area contributed by atoms with E-state index < -0.39 is 11.9 Å². The molecule has 1 aromatic heterocycles. The van der Waals surface area contributed by atoms with Crippen LogP contribution in [0.5, 0.6) is 0 Å². The number of carboxylic acid groups (broad SMARTS) is 1. The third-order valence-electron chi connectivity index (χ3n) is 4.22. The predicted octanol–water partition coefficient (Wildman–Crippen LogP) is 4.23. The van der Waals surface area contributed by atoms with Crippen molar-refractivity contribution < 1.29 is 14.7 Å². The minimum absolute atomic E-state index is 0.102. The van der Waals surface area contributed by atoms with E-state index in [0.29, 0.717) is 21.8 Å². The van der Waals surface area contributed by atoms with Gasteiger partial charge in [0.2, 0.25) is 0 Å². The standard InChI is InChI=1S/C21H16ClN3O3/c1-13-6-7-16(9-18(13)22)24-21(28)14(10-23)8-15-11-25(12-20(26)27)19-5-3-2-4-17(15)19/h2-9,11H,12H2,1H3,(H,24,28)(H,26,27)/b14-8+. The second-order valence-corrected chi connectivity index (χ2v) is 6.62. The number of hydrogen-bond acceptors (Lipinski definition) is 3. The van der Waals surface area contributed by atoms with Crippen molar-refractivity contribution >= 4 is 46.1 Å². The maximum atomic E-state index is 12.5. The lowest BCUT2D eigenvalue weighted by Gasteiger charge is -2.06. The highest BCUT2D eigenvalue weighted by Crippen LogP contribution is 2.24. The lowest BCUT2D eigenvalue weighted by Crippen LogP contribution is -2.13. The molecule has 3 aromatic rings. The Labute approximate surface area is 166 Å². The number of para-hydroxylation sites is 1. The van der Waals surface area contributed by atoms with Gasteiger partial charge in [-0.25, -0.2) is 0 Å². The minimum atomic E-state index is -0.981. The molecule has 140 valence electrons. The van der Waals surface area contributed by atoms with E-state index in [1.807, 2.05) is 25.1 Å². The number of benzene rings is 2. The van der Waals surface area contributed by atoms with Crippen LogP contribution in [0, 0.1) is 18.3 Å². The SMILES string of the molecule is Cc1ccc(NC(=O)/C(C#N)=C/c2cn(CC(=O)O)c3ccccc23)cc1Cl. The Morgan fingerprint density at radius 3 is 2.71 bits per heavy atom. The molecule has 0 aliphatic heterocycles. The molecule has 28 heavy (non-hydrogen) atoms. The van der Waals surface area contributed by atoms with Gasteiger partial charge in [-0.05, 0) is 36.8 Å². The van der Waals surface area contributed by atoms with Crippen LogP contribution in [0.3, 0.4) is 0 Å². The summed E-state index contributed by atoms with van der Waals surface area (Å²) in [7, 11) is 0. The van der Waals surface area contributed by atoms with E-state index in [1.54, 1.807) is 41.1 Å². The predicted molar refractivity (Wildman–Crippen MR) is 108 cm³/mol. The Balaban J connectivity index is 1.96. The van der Waals surface area contributed by atoms with Crippen molar-refractivity contribution in [2.75, 3.05) is 5.32 Å². The Morgan fingerprint density at radius 1 is 1.29 bits per heavy atom. The summed E-state index contributed by atoms with van der Waals surface area (Å²) in [4.78, 5) is 23.6. The number of nitriles is 1. The van der Waals surface area contributed by atoms with Crippen LogP contribution in [-0.4, -0.2) is 21.6 Å². The monoisotopic (exact) mass is 393 g/mol. The molecule has 0 unspecified atom stereocenters. The molecule has 0 saturated carbocycles. The fourth-order valence-electron chi connectivity index (χ4n) is 2.84. The molecular weight excluding hydrogens is 378 g/mol. The van der Waals surface area contributed by atoms with Gasteiger partial charge in [0, 0.05) is 33.4 Å². The highest BCUT2D eigenvalue weighted by Gasteiger charge is 2.14. The first-order chi connectivity index (χ1) is 13.4. The number of nitrogens with zero attached hydrogens (tertiary/aromatic N) is 2. The summed E-state index contributed by atoms with van der Waals surface area (Å²) in [5, 5.41) is 22.5. The lowest BCUT2D eigenvalue weighted by atomic mass is 10.1. The summed E-state index contributed by atoms with van der Waals surface area (Å²) in [6, 6.07) is 14.2.